The first-order valence-electron chi connectivity index (χ1n) is 5.48. The highest BCUT2D eigenvalue weighted by Crippen LogP contribution is 2.21. The summed E-state index contributed by atoms with van der Waals surface area (Å²) in [5.74, 6) is -1.30. The maximum absolute atomic E-state index is 13.5. The van der Waals surface area contributed by atoms with Gasteiger partial charge in [0.1, 0.15) is 5.82 Å². The van der Waals surface area contributed by atoms with Crippen LogP contribution in [0.15, 0.2) is 42.5 Å². The molecule has 0 spiro atoms. The van der Waals surface area contributed by atoms with Crippen LogP contribution in [-0.4, -0.2) is 10.8 Å². The zero-order valence-electron chi connectivity index (χ0n) is 9.97. The fourth-order valence-corrected chi connectivity index (χ4v) is 1.72. The van der Waals surface area contributed by atoms with Crippen molar-refractivity contribution in [3.05, 3.63) is 69.0 Å². The van der Waals surface area contributed by atoms with E-state index in [0.29, 0.717) is 0 Å². The molecule has 2 aromatic carbocycles. The van der Waals surface area contributed by atoms with E-state index >= 15 is 0 Å². The molecule has 7 heteroatoms. The molecule has 0 aliphatic rings. The van der Waals surface area contributed by atoms with Crippen LogP contribution in [0.3, 0.4) is 0 Å². The van der Waals surface area contributed by atoms with Gasteiger partial charge in [-0.2, -0.15) is 0 Å². The first-order valence-corrected chi connectivity index (χ1v) is 5.86. The zero-order chi connectivity index (χ0) is 14.7. The molecular weight excluding hydrogens is 287 g/mol. The third-order valence-corrected chi connectivity index (χ3v) is 2.73. The predicted molar refractivity (Wildman–Crippen MR) is 72.5 cm³/mol. The molecule has 0 bridgehead atoms. The summed E-state index contributed by atoms with van der Waals surface area (Å²) >= 11 is 5.71. The van der Waals surface area contributed by atoms with Crippen molar-refractivity contribution < 1.29 is 14.1 Å². The number of non-ortho nitro benzene ring substituents is 1. The largest absolute Gasteiger partial charge is 0.319 e. The smallest absolute Gasteiger partial charge is 0.270 e. The van der Waals surface area contributed by atoms with Crippen molar-refractivity contribution in [1.82, 2.24) is 0 Å². The van der Waals surface area contributed by atoms with Crippen molar-refractivity contribution in [1.29, 1.82) is 0 Å². The molecule has 0 aliphatic heterocycles. The molecule has 0 saturated carbocycles. The molecule has 20 heavy (non-hydrogen) atoms. The summed E-state index contributed by atoms with van der Waals surface area (Å²) in [5.41, 5.74) is -0.253. The van der Waals surface area contributed by atoms with E-state index in [1.807, 2.05) is 0 Å². The minimum absolute atomic E-state index is 0.0542. The average Bonchev–Trinajstić information content (AvgIpc) is 2.43. The summed E-state index contributed by atoms with van der Waals surface area (Å²) in [4.78, 5) is 21.9. The van der Waals surface area contributed by atoms with Gasteiger partial charge in [-0.05, 0) is 24.3 Å². The van der Waals surface area contributed by atoms with Crippen molar-refractivity contribution in [2.45, 2.75) is 0 Å². The zero-order valence-corrected chi connectivity index (χ0v) is 10.7. The number of carbonyl (C=O) groups is 1. The number of hydrogen-bond donors (Lipinski definition) is 1. The van der Waals surface area contributed by atoms with Gasteiger partial charge in [0.15, 0.2) is 0 Å². The van der Waals surface area contributed by atoms with E-state index in [1.54, 1.807) is 0 Å². The number of hydrogen-bond acceptors (Lipinski definition) is 3. The monoisotopic (exact) mass is 294 g/mol. The van der Waals surface area contributed by atoms with Gasteiger partial charge in [0.2, 0.25) is 0 Å². The number of benzene rings is 2. The van der Waals surface area contributed by atoms with Crippen LogP contribution in [0.1, 0.15) is 10.4 Å². The van der Waals surface area contributed by atoms with Gasteiger partial charge in [-0.3, -0.25) is 14.9 Å². The van der Waals surface area contributed by atoms with Gasteiger partial charge in [0, 0.05) is 22.7 Å². The van der Waals surface area contributed by atoms with E-state index in [4.69, 9.17) is 11.6 Å². The first kappa shape index (κ1) is 14.0. The minimum Gasteiger partial charge on any atom is -0.319 e. The van der Waals surface area contributed by atoms with E-state index < -0.39 is 16.6 Å². The third-order valence-electron chi connectivity index (χ3n) is 2.50. The Balaban J connectivity index is 2.26. The second-order valence-corrected chi connectivity index (χ2v) is 4.32. The van der Waals surface area contributed by atoms with Crippen LogP contribution in [-0.2, 0) is 0 Å². The molecule has 0 unspecified atom stereocenters. The van der Waals surface area contributed by atoms with E-state index in [1.165, 1.54) is 30.3 Å². The fraction of sp³-hybridized carbons (Fsp3) is 0. The standard InChI is InChI=1S/C13H8ClFN2O3/c14-9-4-5-11(15)12(7-9)16-13(18)8-2-1-3-10(6-8)17(19)20/h1-7H,(H,16,18). The Kier molecular flexibility index (Phi) is 3.95. The molecule has 0 saturated heterocycles. The maximum Gasteiger partial charge on any atom is 0.270 e. The minimum atomic E-state index is -0.658. The number of carbonyl (C=O) groups excluding carboxylic acids is 1. The Morgan fingerprint density at radius 1 is 1.25 bits per heavy atom. The number of amides is 1. The molecule has 5 nitrogen and oxygen atoms in total. The number of nitrogens with zero attached hydrogens (tertiary/aromatic N) is 1. The van der Waals surface area contributed by atoms with Gasteiger partial charge in [0.05, 0.1) is 10.6 Å². The van der Waals surface area contributed by atoms with Crippen LogP contribution in [0.2, 0.25) is 5.02 Å². The van der Waals surface area contributed by atoms with Crippen molar-refractivity contribution in [3.63, 3.8) is 0 Å². The van der Waals surface area contributed by atoms with Gasteiger partial charge < -0.3 is 5.32 Å². The van der Waals surface area contributed by atoms with Crippen LogP contribution in [0.25, 0.3) is 0 Å². The number of nitrogens with one attached hydrogen (secondary N) is 1. The van der Waals surface area contributed by atoms with Crippen LogP contribution >= 0.6 is 11.6 Å². The summed E-state index contributed by atoms with van der Waals surface area (Å²) in [6.07, 6.45) is 0. The molecule has 0 fully saturated rings. The highest BCUT2D eigenvalue weighted by molar-refractivity contribution is 6.31. The van der Waals surface area contributed by atoms with E-state index in [2.05, 4.69) is 5.32 Å². The molecule has 2 aromatic rings. The molecule has 2 rings (SSSR count). The number of halogens is 2. The van der Waals surface area contributed by atoms with Gasteiger partial charge >= 0.3 is 0 Å². The SMILES string of the molecule is O=C(Nc1cc(Cl)ccc1F)c1cccc([N+](=O)[O-])c1. The first-order chi connectivity index (χ1) is 9.47. The molecule has 0 heterocycles. The summed E-state index contributed by atoms with van der Waals surface area (Å²) in [5, 5.41) is 13.2. The topological polar surface area (TPSA) is 72.2 Å². The summed E-state index contributed by atoms with van der Waals surface area (Å²) < 4.78 is 13.5. The number of anilines is 1. The molecule has 1 N–H and O–H groups in total. The highest BCUT2D eigenvalue weighted by atomic mass is 35.5. The van der Waals surface area contributed by atoms with E-state index in [-0.39, 0.29) is 22.0 Å². The molecule has 0 atom stereocenters. The second-order valence-electron chi connectivity index (χ2n) is 3.89. The molecule has 0 aromatic heterocycles. The van der Waals surface area contributed by atoms with Crippen molar-refractivity contribution >= 4 is 28.9 Å². The summed E-state index contributed by atoms with van der Waals surface area (Å²) in [7, 11) is 0. The van der Waals surface area contributed by atoms with E-state index in [9.17, 15) is 19.3 Å². The van der Waals surface area contributed by atoms with Crippen molar-refractivity contribution in [2.24, 2.45) is 0 Å². The van der Waals surface area contributed by atoms with Gasteiger partial charge in [-0.25, -0.2) is 4.39 Å². The van der Waals surface area contributed by atoms with Crippen molar-refractivity contribution in [2.75, 3.05) is 5.32 Å². The number of rotatable bonds is 3. The van der Waals surface area contributed by atoms with Crippen LogP contribution in [0.5, 0.6) is 0 Å². The van der Waals surface area contributed by atoms with Gasteiger partial charge in [-0.15, -0.1) is 0 Å². The van der Waals surface area contributed by atoms with Crippen LogP contribution in [0.4, 0.5) is 15.8 Å². The normalized spacial score (nSPS) is 10.1. The Bertz CT molecular complexity index is 691. The Morgan fingerprint density at radius 2 is 2.00 bits per heavy atom. The second kappa shape index (κ2) is 5.66. The van der Waals surface area contributed by atoms with E-state index in [0.717, 1.165) is 12.1 Å². The molecule has 0 radical (unpaired) electrons. The van der Waals surface area contributed by atoms with Gasteiger partial charge in [0.25, 0.3) is 11.6 Å². The predicted octanol–water partition coefficient (Wildman–Crippen LogP) is 3.64. The summed E-state index contributed by atoms with van der Waals surface area (Å²) in [6.45, 7) is 0. The third kappa shape index (κ3) is 3.10. The van der Waals surface area contributed by atoms with Crippen LogP contribution < -0.4 is 5.32 Å². The Hall–Kier alpha value is -2.47. The average molecular weight is 295 g/mol. The fourth-order valence-electron chi connectivity index (χ4n) is 1.55. The number of nitro benzene ring substituents is 1. The lowest BCUT2D eigenvalue weighted by molar-refractivity contribution is -0.384. The quantitative estimate of drug-likeness (QED) is 0.694. The highest BCUT2D eigenvalue weighted by Gasteiger charge is 2.13. The lowest BCUT2D eigenvalue weighted by atomic mass is 10.2. The lowest BCUT2D eigenvalue weighted by Gasteiger charge is -2.06. The molecular formula is C13H8ClFN2O3. The van der Waals surface area contributed by atoms with Crippen LogP contribution in [0, 0.1) is 15.9 Å². The number of nitro groups is 1. The molecule has 1 amide bonds. The Labute approximate surface area is 118 Å². The maximum atomic E-state index is 13.5. The molecule has 0 aliphatic carbocycles. The van der Waals surface area contributed by atoms with Gasteiger partial charge in [-0.1, -0.05) is 17.7 Å². The molecule has 102 valence electrons. The summed E-state index contributed by atoms with van der Waals surface area (Å²) in [6, 6.07) is 8.86. The van der Waals surface area contributed by atoms with Crippen molar-refractivity contribution in [3.8, 4) is 0 Å². The Morgan fingerprint density at radius 3 is 2.70 bits per heavy atom. The lowest BCUT2D eigenvalue weighted by Crippen LogP contribution is -2.13.